The van der Waals surface area contributed by atoms with Crippen molar-refractivity contribution in [1.82, 2.24) is 9.97 Å². The lowest BCUT2D eigenvalue weighted by Gasteiger charge is -2.28. The number of aryl methyl sites for hydroxylation is 1. The Morgan fingerprint density at radius 2 is 1.34 bits per heavy atom. The highest BCUT2D eigenvalue weighted by molar-refractivity contribution is 7.91. The molecule has 3 heterocycles. The summed E-state index contributed by atoms with van der Waals surface area (Å²) in [5, 5.41) is 3.23. The maximum absolute atomic E-state index is 11.1. The molecule has 8 heteroatoms. The fourth-order valence-electron chi connectivity index (χ4n) is 6.81. The first-order valence-electron chi connectivity index (χ1n) is 24.0. The van der Waals surface area contributed by atoms with Gasteiger partial charge in [-0.25, -0.2) is 13.4 Å². The summed E-state index contributed by atoms with van der Waals surface area (Å²) in [5.41, 5.74) is 5.96. The summed E-state index contributed by atoms with van der Waals surface area (Å²) in [6, 6.07) is 23.4. The van der Waals surface area contributed by atoms with E-state index in [4.69, 9.17) is 4.42 Å². The standard InChI is InChI=1S/C15H25N.C14H22.C10H17N3.C9H14O.C8H16O2S/c1-6-16(12-11-15(3,4)5)14-10-8-7-9-13(14)2;1-12(10-11-14(2,3)4)13-8-6-5-7-9-13;1-10(2,3)4-5-12-9-8-11-6-7-13-9;1-9(2,3)7-8-5-4-6-10-8;1-8(2,3)7-4-5-11(9,10)6-7/h7-10H,6,11-12H2,1-5H3;5-9,12H,10-11H2,1-4H3;6-8H,4-5H2,1-3H3,(H,12,13);4-6H,7H2,1-3H3;7H,4-6H2,1-3H3. The largest absolute Gasteiger partial charge is 0.469 e. The van der Waals surface area contributed by atoms with Gasteiger partial charge in [0.25, 0.3) is 0 Å². The molecule has 7 nitrogen and oxygen atoms in total. The van der Waals surface area contributed by atoms with Gasteiger partial charge in [0.15, 0.2) is 9.84 Å². The number of anilines is 2. The lowest BCUT2D eigenvalue weighted by Crippen LogP contribution is -2.27. The normalized spacial score (nSPS) is 15.4. The van der Waals surface area contributed by atoms with E-state index in [9.17, 15) is 8.42 Å². The quantitative estimate of drug-likeness (QED) is 0.160. The Kier molecular flexibility index (Phi) is 24.7. The summed E-state index contributed by atoms with van der Waals surface area (Å²) in [7, 11) is -2.68. The third-order valence-corrected chi connectivity index (χ3v) is 12.9. The van der Waals surface area contributed by atoms with Gasteiger partial charge < -0.3 is 14.6 Å². The van der Waals surface area contributed by atoms with Crippen molar-refractivity contribution < 1.29 is 12.8 Å². The minimum atomic E-state index is -2.68. The van der Waals surface area contributed by atoms with Gasteiger partial charge in [-0.3, -0.25) is 4.98 Å². The van der Waals surface area contributed by atoms with Crippen LogP contribution in [0.25, 0.3) is 0 Å². The Morgan fingerprint density at radius 3 is 1.78 bits per heavy atom. The summed E-state index contributed by atoms with van der Waals surface area (Å²) < 4.78 is 27.4. The highest BCUT2D eigenvalue weighted by Crippen LogP contribution is 2.34. The Labute approximate surface area is 394 Å². The molecule has 2 unspecified atom stereocenters. The van der Waals surface area contributed by atoms with Crippen molar-refractivity contribution in [2.45, 2.75) is 169 Å². The van der Waals surface area contributed by atoms with E-state index in [1.165, 1.54) is 36.1 Å². The molecule has 2 aromatic heterocycles. The third kappa shape index (κ3) is 29.0. The van der Waals surface area contributed by atoms with E-state index in [2.05, 4.69) is 199 Å². The Morgan fingerprint density at radius 1 is 0.750 bits per heavy atom. The number of furan rings is 1. The van der Waals surface area contributed by atoms with Crippen molar-refractivity contribution in [3.63, 3.8) is 0 Å². The molecule has 362 valence electrons. The lowest BCUT2D eigenvalue weighted by molar-refractivity contribution is 0.268. The second-order valence-corrected chi connectivity index (χ2v) is 25.9. The van der Waals surface area contributed by atoms with Crippen LogP contribution in [0.15, 0.2) is 96.0 Å². The molecule has 1 N–H and O–H groups in total. The molecule has 1 fully saturated rings. The van der Waals surface area contributed by atoms with Crippen molar-refractivity contribution in [2.24, 2.45) is 33.0 Å². The van der Waals surface area contributed by atoms with Crippen molar-refractivity contribution in [3.05, 3.63) is 108 Å². The van der Waals surface area contributed by atoms with Gasteiger partial charge in [0.05, 0.1) is 24.0 Å². The number of aromatic nitrogens is 2. The Hall–Kier alpha value is -3.65. The molecule has 0 spiro atoms. The maximum Gasteiger partial charge on any atom is 0.150 e. The third-order valence-electron chi connectivity index (χ3n) is 11.2. The van der Waals surface area contributed by atoms with Gasteiger partial charge in [0.1, 0.15) is 11.6 Å². The van der Waals surface area contributed by atoms with Crippen LogP contribution in [0, 0.1) is 39.9 Å². The second-order valence-electron chi connectivity index (χ2n) is 23.7. The van der Waals surface area contributed by atoms with E-state index >= 15 is 0 Å². The average Bonchev–Trinajstić information content (AvgIpc) is 3.83. The number of nitrogens with zero attached hydrogens (tertiary/aromatic N) is 3. The lowest BCUT2D eigenvalue weighted by atomic mass is 9.81. The smallest absolute Gasteiger partial charge is 0.150 e. The van der Waals surface area contributed by atoms with Gasteiger partial charge in [-0.2, -0.15) is 0 Å². The van der Waals surface area contributed by atoms with Crippen LogP contribution in [0.5, 0.6) is 0 Å². The number of sulfone groups is 1. The van der Waals surface area contributed by atoms with Gasteiger partial charge in [0.2, 0.25) is 0 Å². The zero-order valence-corrected chi connectivity index (χ0v) is 44.9. The second kappa shape index (κ2) is 27.1. The van der Waals surface area contributed by atoms with Crippen molar-refractivity contribution in [2.75, 3.05) is 41.4 Å². The Balaban J connectivity index is 0.000000404. The summed E-state index contributed by atoms with van der Waals surface area (Å²) in [4.78, 5) is 10.6. The van der Waals surface area contributed by atoms with Gasteiger partial charge in [0, 0.05) is 44.1 Å². The molecule has 0 bridgehead atoms. The topological polar surface area (TPSA) is 88.3 Å². The van der Waals surface area contributed by atoms with E-state index in [-0.39, 0.29) is 5.41 Å². The van der Waals surface area contributed by atoms with Crippen LogP contribution >= 0.6 is 0 Å². The van der Waals surface area contributed by atoms with Crippen LogP contribution in [-0.2, 0) is 16.3 Å². The van der Waals surface area contributed by atoms with E-state index in [1.54, 1.807) is 24.9 Å². The van der Waals surface area contributed by atoms with E-state index in [0.717, 1.165) is 50.5 Å². The number of rotatable bonds is 11. The summed E-state index contributed by atoms with van der Waals surface area (Å²) >= 11 is 0. The monoisotopic (exact) mass is 903 g/mol. The highest BCUT2D eigenvalue weighted by atomic mass is 32.2. The van der Waals surface area contributed by atoms with Crippen LogP contribution in [0.2, 0.25) is 0 Å². The molecule has 2 atom stereocenters. The minimum absolute atomic E-state index is 0.156. The molecule has 1 saturated heterocycles. The number of nitrogens with one attached hydrogen (secondary N) is 1. The fourth-order valence-corrected chi connectivity index (χ4v) is 8.90. The highest BCUT2D eigenvalue weighted by Gasteiger charge is 2.35. The fraction of sp³-hybridized carbons (Fsp3) is 0.643. The zero-order chi connectivity index (χ0) is 48.8. The first kappa shape index (κ1) is 58.4. The van der Waals surface area contributed by atoms with Crippen molar-refractivity contribution in [1.29, 1.82) is 0 Å². The molecule has 5 rings (SSSR count). The van der Waals surface area contributed by atoms with Crippen LogP contribution < -0.4 is 10.2 Å². The van der Waals surface area contributed by atoms with Gasteiger partial charge in [-0.1, -0.05) is 159 Å². The van der Waals surface area contributed by atoms with Crippen LogP contribution in [0.4, 0.5) is 11.5 Å². The van der Waals surface area contributed by atoms with Crippen LogP contribution in [-0.4, -0.2) is 49.5 Å². The number of para-hydroxylation sites is 1. The number of hydrogen-bond acceptors (Lipinski definition) is 7. The molecule has 2 aromatic carbocycles. The first-order chi connectivity index (χ1) is 29.4. The number of benzene rings is 2. The predicted octanol–water partition coefficient (Wildman–Crippen LogP) is 15.5. The SMILES string of the molecule is CC(C)(C)C1CCS(=O)(=O)C1.CC(C)(C)CCNc1cnccn1.CC(C)(C)Cc1ccco1.CC(CCC(C)(C)C)c1ccccc1.CCN(CCC(C)(C)C)c1ccccc1C. The van der Waals surface area contributed by atoms with Crippen LogP contribution in [0.1, 0.15) is 173 Å². The minimum Gasteiger partial charge on any atom is -0.469 e. The zero-order valence-electron chi connectivity index (χ0n) is 44.1. The molecule has 0 amide bonds. The maximum atomic E-state index is 11.1. The van der Waals surface area contributed by atoms with E-state index < -0.39 is 9.84 Å². The first-order valence-corrected chi connectivity index (χ1v) is 25.8. The van der Waals surface area contributed by atoms with Gasteiger partial charge >= 0.3 is 0 Å². The Bertz CT molecular complexity index is 1890. The van der Waals surface area contributed by atoms with E-state index in [0.29, 0.717) is 45.0 Å². The molecule has 0 aliphatic carbocycles. The van der Waals surface area contributed by atoms with E-state index in [1.807, 2.05) is 12.1 Å². The average molecular weight is 903 g/mol. The molecule has 0 radical (unpaired) electrons. The predicted molar refractivity (Wildman–Crippen MR) is 279 cm³/mol. The molecule has 4 aromatic rings. The van der Waals surface area contributed by atoms with Crippen molar-refractivity contribution in [3.8, 4) is 0 Å². The number of hydrogen-bond donors (Lipinski definition) is 1. The summed E-state index contributed by atoms with van der Waals surface area (Å²) in [6.07, 6.45) is 13.6. The molecule has 1 aliphatic heterocycles. The molecule has 0 saturated carbocycles. The summed E-state index contributed by atoms with van der Waals surface area (Å²) in [6.45, 7) is 43.4. The molecule has 1 aliphatic rings. The van der Waals surface area contributed by atoms with Crippen LogP contribution in [0.3, 0.4) is 0 Å². The van der Waals surface area contributed by atoms with Gasteiger partial charge in [-0.05, 0) is 114 Å². The molecular formula is C56H94N4O3S. The molecular weight excluding hydrogens is 809 g/mol. The summed E-state index contributed by atoms with van der Waals surface area (Å²) in [5.74, 6) is 3.79. The molecule has 64 heavy (non-hydrogen) atoms. The van der Waals surface area contributed by atoms with Gasteiger partial charge in [-0.15, -0.1) is 0 Å². The van der Waals surface area contributed by atoms with Crippen molar-refractivity contribution >= 4 is 21.3 Å².